The number of benzene rings is 1. The highest BCUT2D eigenvalue weighted by molar-refractivity contribution is 5.99. The van der Waals surface area contributed by atoms with Crippen LogP contribution in [0.3, 0.4) is 0 Å². The second-order valence-corrected chi connectivity index (χ2v) is 4.12. The van der Waals surface area contributed by atoms with Gasteiger partial charge in [-0.1, -0.05) is 11.2 Å². The third kappa shape index (κ3) is 1.44. The summed E-state index contributed by atoms with van der Waals surface area (Å²) in [4.78, 5) is 0. The molecule has 2 N–H and O–H groups in total. The number of ether oxygens (including phenoxy) is 1. The van der Waals surface area contributed by atoms with E-state index in [1.54, 1.807) is 13.2 Å². The van der Waals surface area contributed by atoms with Crippen LogP contribution in [-0.4, -0.2) is 16.8 Å². The molecule has 3 rings (SSSR count). The number of hydrogen-bond donors (Lipinski definition) is 1. The van der Waals surface area contributed by atoms with Gasteiger partial charge in [0.1, 0.15) is 5.75 Å². The molecular formula is C13H13N3O2. The molecule has 0 aliphatic rings. The maximum absolute atomic E-state index is 5.59. The van der Waals surface area contributed by atoms with Gasteiger partial charge in [-0.15, -0.1) is 0 Å². The molecule has 0 aliphatic carbocycles. The van der Waals surface area contributed by atoms with E-state index in [0.29, 0.717) is 11.6 Å². The van der Waals surface area contributed by atoms with E-state index in [1.165, 1.54) is 0 Å². The van der Waals surface area contributed by atoms with Crippen molar-refractivity contribution in [3.05, 3.63) is 30.5 Å². The van der Waals surface area contributed by atoms with Gasteiger partial charge in [0.15, 0.2) is 11.6 Å². The molecule has 3 aromatic rings. The van der Waals surface area contributed by atoms with Gasteiger partial charge in [0.05, 0.1) is 18.0 Å². The molecule has 1 aromatic carbocycles. The molecule has 0 spiro atoms. The minimum Gasteiger partial charge on any atom is -0.496 e. The first kappa shape index (κ1) is 10.7. The van der Waals surface area contributed by atoms with Gasteiger partial charge in [0.25, 0.3) is 0 Å². The maximum atomic E-state index is 5.59. The molecule has 0 atom stereocenters. The molecule has 0 amide bonds. The molecule has 0 saturated carbocycles. The number of fused-ring (bicyclic) bond motifs is 1. The molecule has 0 unspecified atom stereocenters. The summed E-state index contributed by atoms with van der Waals surface area (Å²) in [7, 11) is 3.63. The average Bonchev–Trinajstić information content (AvgIpc) is 2.94. The van der Waals surface area contributed by atoms with Gasteiger partial charge in [-0.2, -0.15) is 0 Å². The summed E-state index contributed by atoms with van der Waals surface area (Å²) in [6.45, 7) is 0. The van der Waals surface area contributed by atoms with Crippen LogP contribution in [-0.2, 0) is 7.05 Å². The maximum Gasteiger partial charge on any atom is 0.171 e. The Labute approximate surface area is 104 Å². The van der Waals surface area contributed by atoms with Crippen molar-refractivity contribution in [1.82, 2.24) is 9.72 Å². The highest BCUT2D eigenvalue weighted by atomic mass is 16.5. The topological polar surface area (TPSA) is 66.2 Å². The number of methoxy groups -OCH3 is 1. The summed E-state index contributed by atoms with van der Waals surface area (Å²) in [5.41, 5.74) is 7.59. The lowest BCUT2D eigenvalue weighted by Gasteiger charge is -2.03. The first-order valence-electron chi connectivity index (χ1n) is 5.55. The number of anilines is 1. The van der Waals surface area contributed by atoms with Crippen molar-refractivity contribution in [2.75, 3.05) is 12.8 Å². The van der Waals surface area contributed by atoms with Crippen molar-refractivity contribution >= 4 is 16.7 Å². The van der Waals surface area contributed by atoms with Crippen molar-refractivity contribution in [1.29, 1.82) is 0 Å². The zero-order valence-corrected chi connectivity index (χ0v) is 10.2. The van der Waals surface area contributed by atoms with Crippen LogP contribution in [0, 0.1) is 0 Å². The first-order valence-corrected chi connectivity index (χ1v) is 5.55. The zero-order valence-electron chi connectivity index (χ0n) is 10.2. The van der Waals surface area contributed by atoms with Crippen LogP contribution in [0.25, 0.3) is 22.2 Å². The quantitative estimate of drug-likeness (QED) is 0.750. The molecule has 0 bridgehead atoms. The summed E-state index contributed by atoms with van der Waals surface area (Å²) in [6.07, 6.45) is 1.98. The minimum absolute atomic E-state index is 0.372. The zero-order chi connectivity index (χ0) is 12.7. The lowest BCUT2D eigenvalue weighted by atomic mass is 10.1. The van der Waals surface area contributed by atoms with Crippen LogP contribution in [0.5, 0.6) is 5.75 Å². The fourth-order valence-electron chi connectivity index (χ4n) is 2.18. The van der Waals surface area contributed by atoms with E-state index in [0.717, 1.165) is 22.2 Å². The summed E-state index contributed by atoms with van der Waals surface area (Å²) >= 11 is 0. The standard InChI is InChI=1S/C13H13N3O2/c1-16-7-8(11-6-12(14)15-18-11)13-9(16)4-3-5-10(13)17-2/h3-7H,1-2H3,(H2,14,15). The summed E-state index contributed by atoms with van der Waals surface area (Å²) < 4.78 is 12.7. The largest absolute Gasteiger partial charge is 0.496 e. The molecule has 5 heteroatoms. The Bertz CT molecular complexity index is 712. The van der Waals surface area contributed by atoms with E-state index in [9.17, 15) is 0 Å². The van der Waals surface area contributed by atoms with Gasteiger partial charge in [0.2, 0.25) is 0 Å². The third-order valence-electron chi connectivity index (χ3n) is 2.99. The van der Waals surface area contributed by atoms with Crippen LogP contribution in [0.2, 0.25) is 0 Å². The van der Waals surface area contributed by atoms with Gasteiger partial charge in [-0.25, -0.2) is 0 Å². The summed E-state index contributed by atoms with van der Waals surface area (Å²) in [5, 5.41) is 4.72. The monoisotopic (exact) mass is 243 g/mol. The van der Waals surface area contributed by atoms with E-state index in [1.807, 2.05) is 36.0 Å². The van der Waals surface area contributed by atoms with Crippen LogP contribution in [0.1, 0.15) is 0 Å². The molecule has 92 valence electrons. The molecule has 2 aromatic heterocycles. The van der Waals surface area contributed by atoms with E-state index in [2.05, 4.69) is 5.16 Å². The van der Waals surface area contributed by atoms with Crippen LogP contribution < -0.4 is 10.5 Å². The molecule has 0 fully saturated rings. The minimum atomic E-state index is 0.372. The van der Waals surface area contributed by atoms with Gasteiger partial charge in [-0.3, -0.25) is 0 Å². The number of rotatable bonds is 2. The second kappa shape index (κ2) is 3.80. The van der Waals surface area contributed by atoms with Gasteiger partial charge < -0.3 is 19.6 Å². The highest BCUT2D eigenvalue weighted by Gasteiger charge is 2.16. The lowest BCUT2D eigenvalue weighted by Crippen LogP contribution is -1.86. The molecule has 2 heterocycles. The Kier molecular flexibility index (Phi) is 2.26. The predicted molar refractivity (Wildman–Crippen MR) is 69.4 cm³/mol. The summed E-state index contributed by atoms with van der Waals surface area (Å²) in [6, 6.07) is 7.62. The van der Waals surface area contributed by atoms with Crippen LogP contribution >= 0.6 is 0 Å². The molecule has 5 nitrogen and oxygen atoms in total. The van der Waals surface area contributed by atoms with Crippen molar-refractivity contribution < 1.29 is 9.26 Å². The molecule has 0 saturated heterocycles. The van der Waals surface area contributed by atoms with Crippen LogP contribution in [0.15, 0.2) is 35.0 Å². The van der Waals surface area contributed by atoms with Gasteiger partial charge >= 0.3 is 0 Å². The SMILES string of the molecule is COc1cccc2c1c(-c1cc(N)no1)cn2C. The fraction of sp³-hybridized carbons (Fsp3) is 0.154. The number of aromatic nitrogens is 2. The first-order chi connectivity index (χ1) is 8.70. The van der Waals surface area contributed by atoms with E-state index in [-0.39, 0.29) is 0 Å². The fourth-order valence-corrected chi connectivity index (χ4v) is 2.18. The number of nitrogens with zero attached hydrogens (tertiary/aromatic N) is 2. The smallest absolute Gasteiger partial charge is 0.171 e. The van der Waals surface area contributed by atoms with Crippen LogP contribution in [0.4, 0.5) is 5.82 Å². The highest BCUT2D eigenvalue weighted by Crippen LogP contribution is 2.36. The normalized spacial score (nSPS) is 11.0. The summed E-state index contributed by atoms with van der Waals surface area (Å²) in [5.74, 6) is 1.82. The van der Waals surface area contributed by atoms with Crippen molar-refractivity contribution in [2.45, 2.75) is 0 Å². The Morgan fingerprint density at radius 1 is 1.39 bits per heavy atom. The Balaban J connectivity index is 2.35. The third-order valence-corrected chi connectivity index (χ3v) is 2.99. The molecule has 0 aliphatic heterocycles. The van der Waals surface area contributed by atoms with Gasteiger partial charge in [0, 0.05) is 24.9 Å². The Morgan fingerprint density at radius 3 is 2.89 bits per heavy atom. The molecule has 18 heavy (non-hydrogen) atoms. The van der Waals surface area contributed by atoms with Crippen molar-refractivity contribution in [3.8, 4) is 17.1 Å². The number of aryl methyl sites for hydroxylation is 1. The molecule has 0 radical (unpaired) electrons. The van der Waals surface area contributed by atoms with Gasteiger partial charge in [-0.05, 0) is 12.1 Å². The Hall–Kier alpha value is -2.43. The van der Waals surface area contributed by atoms with Crippen molar-refractivity contribution in [2.24, 2.45) is 7.05 Å². The predicted octanol–water partition coefficient (Wildman–Crippen LogP) is 2.42. The average molecular weight is 243 g/mol. The lowest BCUT2D eigenvalue weighted by molar-refractivity contribution is 0.419. The van der Waals surface area contributed by atoms with Crippen molar-refractivity contribution in [3.63, 3.8) is 0 Å². The van der Waals surface area contributed by atoms with E-state index < -0.39 is 0 Å². The Morgan fingerprint density at radius 2 is 2.22 bits per heavy atom. The van der Waals surface area contributed by atoms with E-state index in [4.69, 9.17) is 15.0 Å². The van der Waals surface area contributed by atoms with E-state index >= 15 is 0 Å². The molecular weight excluding hydrogens is 230 g/mol. The number of hydrogen-bond acceptors (Lipinski definition) is 4. The number of nitrogen functional groups attached to an aromatic ring is 1. The second-order valence-electron chi connectivity index (χ2n) is 4.12. The number of nitrogens with two attached hydrogens (primary N) is 1.